The minimum Gasteiger partial charge on any atom is -0.467 e. The van der Waals surface area contributed by atoms with Gasteiger partial charge in [0, 0.05) is 0 Å². The Labute approximate surface area is 69.8 Å². The summed E-state index contributed by atoms with van der Waals surface area (Å²) in [6.45, 7) is 0. The van der Waals surface area contributed by atoms with Crippen molar-refractivity contribution in [3.63, 3.8) is 0 Å². The molecule has 4 atom stereocenters. The predicted molar refractivity (Wildman–Crippen MR) is 37.5 cm³/mol. The molecule has 66 valence electrons. The maximum absolute atomic E-state index is 11.3. The van der Waals surface area contributed by atoms with E-state index in [1.54, 1.807) is 0 Å². The highest BCUT2D eigenvalue weighted by atomic mass is 16.7. The normalized spacial score (nSPS) is 53.6. The summed E-state index contributed by atoms with van der Waals surface area (Å²) in [6, 6.07) is 0. The van der Waals surface area contributed by atoms with E-state index in [0.29, 0.717) is 6.10 Å². The standard InChI is InChI=1S/C8H10O4/c1-10-7(9)8-3-2-4-5(11-4)6(8)12-8/h4-6H,2-3H2,1H3. The van der Waals surface area contributed by atoms with E-state index >= 15 is 0 Å². The summed E-state index contributed by atoms with van der Waals surface area (Å²) in [5, 5.41) is 0. The van der Waals surface area contributed by atoms with Crippen LogP contribution in [0.4, 0.5) is 0 Å². The van der Waals surface area contributed by atoms with E-state index in [1.807, 2.05) is 0 Å². The van der Waals surface area contributed by atoms with E-state index in [4.69, 9.17) is 9.47 Å². The molecule has 0 amide bonds. The number of carbonyl (C=O) groups excluding carboxylic acids is 1. The van der Waals surface area contributed by atoms with Crippen molar-refractivity contribution < 1.29 is 19.0 Å². The fraction of sp³-hybridized carbons (Fsp3) is 0.875. The van der Waals surface area contributed by atoms with Crippen LogP contribution in [0.5, 0.6) is 0 Å². The van der Waals surface area contributed by atoms with Crippen molar-refractivity contribution in [3.05, 3.63) is 0 Å². The van der Waals surface area contributed by atoms with E-state index in [9.17, 15) is 4.79 Å². The third-order valence-corrected chi connectivity index (χ3v) is 2.99. The molecule has 1 aliphatic carbocycles. The quantitative estimate of drug-likeness (QED) is 0.406. The smallest absolute Gasteiger partial charge is 0.341 e. The van der Waals surface area contributed by atoms with Crippen molar-refractivity contribution in [1.29, 1.82) is 0 Å². The van der Waals surface area contributed by atoms with Gasteiger partial charge in [0.05, 0.1) is 13.2 Å². The average Bonchev–Trinajstić information content (AvgIpc) is 2.92. The number of esters is 1. The first-order valence-electron chi connectivity index (χ1n) is 4.19. The van der Waals surface area contributed by atoms with Crippen LogP contribution in [0, 0.1) is 0 Å². The van der Waals surface area contributed by atoms with Gasteiger partial charge in [0.1, 0.15) is 12.2 Å². The number of fused-ring (bicyclic) bond motifs is 3. The molecule has 0 aromatic carbocycles. The third-order valence-electron chi connectivity index (χ3n) is 2.99. The number of hydrogen-bond donors (Lipinski definition) is 0. The first kappa shape index (κ1) is 6.86. The molecule has 0 spiro atoms. The van der Waals surface area contributed by atoms with Crippen molar-refractivity contribution in [2.45, 2.75) is 36.8 Å². The molecule has 0 N–H and O–H groups in total. The Bertz CT molecular complexity index is 251. The molecule has 0 radical (unpaired) electrons. The molecule has 1 saturated carbocycles. The first-order chi connectivity index (χ1) is 5.78. The lowest BCUT2D eigenvalue weighted by Gasteiger charge is -2.11. The highest BCUT2D eigenvalue weighted by Gasteiger charge is 2.74. The molecular formula is C8H10O4. The summed E-state index contributed by atoms with van der Waals surface area (Å²) in [5.41, 5.74) is -0.619. The zero-order chi connectivity index (χ0) is 8.34. The van der Waals surface area contributed by atoms with Crippen LogP contribution >= 0.6 is 0 Å². The number of methoxy groups -OCH3 is 1. The van der Waals surface area contributed by atoms with E-state index in [2.05, 4.69) is 4.74 Å². The van der Waals surface area contributed by atoms with Crippen LogP contribution in [-0.2, 0) is 19.0 Å². The molecule has 4 nitrogen and oxygen atoms in total. The maximum atomic E-state index is 11.3. The molecule has 4 unspecified atom stereocenters. The molecule has 0 aromatic rings. The highest BCUT2D eigenvalue weighted by molar-refractivity contribution is 5.84. The van der Waals surface area contributed by atoms with Crippen LogP contribution in [0.2, 0.25) is 0 Å². The van der Waals surface area contributed by atoms with E-state index in [1.165, 1.54) is 7.11 Å². The molecule has 2 heterocycles. The second kappa shape index (κ2) is 1.83. The van der Waals surface area contributed by atoms with Crippen LogP contribution in [0.3, 0.4) is 0 Å². The lowest BCUT2D eigenvalue weighted by molar-refractivity contribution is -0.147. The second-order valence-electron chi connectivity index (χ2n) is 3.60. The van der Waals surface area contributed by atoms with Gasteiger partial charge >= 0.3 is 5.97 Å². The van der Waals surface area contributed by atoms with Gasteiger partial charge in [-0.3, -0.25) is 0 Å². The van der Waals surface area contributed by atoms with Crippen molar-refractivity contribution in [3.8, 4) is 0 Å². The predicted octanol–water partition coefficient (Wildman–Crippen LogP) is -0.142. The van der Waals surface area contributed by atoms with E-state index in [-0.39, 0.29) is 18.2 Å². The van der Waals surface area contributed by atoms with Crippen molar-refractivity contribution in [2.24, 2.45) is 0 Å². The summed E-state index contributed by atoms with van der Waals surface area (Å²) in [4.78, 5) is 11.3. The van der Waals surface area contributed by atoms with Gasteiger partial charge in [0.15, 0.2) is 5.60 Å². The lowest BCUT2D eigenvalue weighted by Crippen LogP contribution is -2.34. The maximum Gasteiger partial charge on any atom is 0.341 e. The molecule has 3 rings (SSSR count). The minimum atomic E-state index is -0.619. The Balaban J connectivity index is 1.82. The molecule has 4 heteroatoms. The molecule has 3 aliphatic rings. The Kier molecular flexibility index (Phi) is 1.04. The number of carbonyl (C=O) groups is 1. The lowest BCUT2D eigenvalue weighted by atomic mass is 9.89. The number of rotatable bonds is 1. The van der Waals surface area contributed by atoms with Crippen LogP contribution in [0.25, 0.3) is 0 Å². The average molecular weight is 170 g/mol. The molecule has 2 aliphatic heterocycles. The minimum absolute atomic E-state index is 0.0105. The molecule has 0 aromatic heterocycles. The summed E-state index contributed by atoms with van der Waals surface area (Å²) < 4.78 is 15.4. The van der Waals surface area contributed by atoms with Gasteiger partial charge in [-0.25, -0.2) is 4.79 Å². The summed E-state index contributed by atoms with van der Waals surface area (Å²) in [6.07, 6.45) is 2.21. The Morgan fingerprint density at radius 1 is 1.67 bits per heavy atom. The Morgan fingerprint density at radius 3 is 3.25 bits per heavy atom. The SMILES string of the molecule is COC(=O)C12CCC3OC3C1O2. The molecule has 0 bridgehead atoms. The number of epoxide rings is 2. The van der Waals surface area contributed by atoms with Gasteiger partial charge in [-0.05, 0) is 12.8 Å². The third kappa shape index (κ3) is 0.630. The van der Waals surface area contributed by atoms with Crippen molar-refractivity contribution >= 4 is 5.97 Å². The van der Waals surface area contributed by atoms with Gasteiger partial charge in [-0.1, -0.05) is 0 Å². The molecule has 3 fully saturated rings. The Hall–Kier alpha value is -0.610. The zero-order valence-electron chi connectivity index (χ0n) is 6.78. The van der Waals surface area contributed by atoms with Crippen LogP contribution in [0.15, 0.2) is 0 Å². The topological polar surface area (TPSA) is 51.4 Å². The fourth-order valence-electron chi connectivity index (χ4n) is 2.18. The highest BCUT2D eigenvalue weighted by Crippen LogP contribution is 2.55. The van der Waals surface area contributed by atoms with Crippen LogP contribution in [-0.4, -0.2) is 37.0 Å². The van der Waals surface area contributed by atoms with Crippen molar-refractivity contribution in [2.75, 3.05) is 7.11 Å². The van der Waals surface area contributed by atoms with Gasteiger partial charge < -0.3 is 14.2 Å². The first-order valence-corrected chi connectivity index (χ1v) is 4.19. The van der Waals surface area contributed by atoms with E-state index in [0.717, 1.165) is 12.8 Å². The molecule has 2 saturated heterocycles. The van der Waals surface area contributed by atoms with Crippen LogP contribution < -0.4 is 0 Å². The largest absolute Gasteiger partial charge is 0.467 e. The molecule has 12 heavy (non-hydrogen) atoms. The fourth-order valence-corrected chi connectivity index (χ4v) is 2.18. The van der Waals surface area contributed by atoms with Gasteiger partial charge in [-0.2, -0.15) is 0 Å². The monoisotopic (exact) mass is 170 g/mol. The Morgan fingerprint density at radius 2 is 2.50 bits per heavy atom. The summed E-state index contributed by atoms with van der Waals surface area (Å²) in [7, 11) is 1.40. The van der Waals surface area contributed by atoms with E-state index < -0.39 is 5.60 Å². The van der Waals surface area contributed by atoms with Gasteiger partial charge in [0.25, 0.3) is 0 Å². The van der Waals surface area contributed by atoms with Crippen LogP contribution in [0.1, 0.15) is 12.8 Å². The van der Waals surface area contributed by atoms with Crippen molar-refractivity contribution in [1.82, 2.24) is 0 Å². The number of ether oxygens (including phenoxy) is 3. The number of hydrogen-bond acceptors (Lipinski definition) is 4. The zero-order valence-corrected chi connectivity index (χ0v) is 6.78. The molecular weight excluding hydrogens is 160 g/mol. The van der Waals surface area contributed by atoms with Gasteiger partial charge in [0.2, 0.25) is 0 Å². The summed E-state index contributed by atoms with van der Waals surface area (Å²) >= 11 is 0. The summed E-state index contributed by atoms with van der Waals surface area (Å²) in [5.74, 6) is -0.235. The second-order valence-corrected chi connectivity index (χ2v) is 3.60. The van der Waals surface area contributed by atoms with Gasteiger partial charge in [-0.15, -0.1) is 0 Å².